The van der Waals surface area contributed by atoms with Gasteiger partial charge in [-0.15, -0.1) is 0 Å². The summed E-state index contributed by atoms with van der Waals surface area (Å²) in [6.45, 7) is 4.52. The fourth-order valence-electron chi connectivity index (χ4n) is 2.72. The summed E-state index contributed by atoms with van der Waals surface area (Å²) in [5.41, 5.74) is 1.99. The Morgan fingerprint density at radius 2 is 2.11 bits per heavy atom. The van der Waals surface area contributed by atoms with Crippen LogP contribution in [0.3, 0.4) is 0 Å². The van der Waals surface area contributed by atoms with E-state index in [0.717, 1.165) is 36.3 Å². The number of aromatic nitrogens is 1. The van der Waals surface area contributed by atoms with Crippen molar-refractivity contribution >= 4 is 9.84 Å². The van der Waals surface area contributed by atoms with Crippen molar-refractivity contribution in [2.45, 2.75) is 57.4 Å². The Labute approximate surface area is 114 Å². The molecule has 1 fully saturated rings. The molecule has 0 radical (unpaired) electrons. The van der Waals surface area contributed by atoms with Crippen molar-refractivity contribution in [2.24, 2.45) is 0 Å². The number of nitrogens with one attached hydrogen (secondary N) is 1. The normalized spacial score (nSPS) is 24.6. The minimum atomic E-state index is -2.92. The van der Waals surface area contributed by atoms with Crippen molar-refractivity contribution in [3.63, 3.8) is 0 Å². The Hall–Kier alpha value is -0.880. The average Bonchev–Trinajstić information content (AvgIpc) is 2.66. The molecule has 1 aliphatic carbocycles. The van der Waals surface area contributed by atoms with E-state index in [1.807, 2.05) is 13.8 Å². The molecule has 1 aromatic heterocycles. The van der Waals surface area contributed by atoms with Gasteiger partial charge >= 0.3 is 0 Å². The first-order valence-electron chi connectivity index (χ1n) is 6.72. The molecule has 2 atom stereocenters. The third-order valence-corrected chi connectivity index (χ3v) is 5.62. The van der Waals surface area contributed by atoms with Gasteiger partial charge in [-0.05, 0) is 33.1 Å². The second kappa shape index (κ2) is 5.63. The van der Waals surface area contributed by atoms with Gasteiger partial charge in [-0.25, -0.2) is 8.42 Å². The van der Waals surface area contributed by atoms with Crippen LogP contribution >= 0.6 is 0 Å². The number of hydrogen-bond donors (Lipinski definition) is 1. The zero-order chi connectivity index (χ0) is 14.0. The minimum absolute atomic E-state index is 0.191. The summed E-state index contributed by atoms with van der Waals surface area (Å²) in [5, 5.41) is 7.18. The predicted molar refractivity (Wildman–Crippen MR) is 73.7 cm³/mol. The lowest BCUT2D eigenvalue weighted by Gasteiger charge is -2.28. The maximum absolute atomic E-state index is 11.6. The lowest BCUT2D eigenvalue weighted by Crippen LogP contribution is -2.38. The van der Waals surface area contributed by atoms with Gasteiger partial charge in [0.25, 0.3) is 0 Å². The Balaban J connectivity index is 1.93. The highest BCUT2D eigenvalue weighted by Crippen LogP contribution is 2.24. The highest BCUT2D eigenvalue weighted by molar-refractivity contribution is 7.91. The fraction of sp³-hybridized carbons (Fsp3) is 0.769. The van der Waals surface area contributed by atoms with Gasteiger partial charge in [0.05, 0.1) is 10.9 Å². The molecule has 1 heterocycles. The van der Waals surface area contributed by atoms with Gasteiger partial charge in [0, 0.05) is 24.4 Å². The highest BCUT2D eigenvalue weighted by Gasteiger charge is 2.28. The minimum Gasteiger partial charge on any atom is -0.361 e. The van der Waals surface area contributed by atoms with Crippen LogP contribution < -0.4 is 5.32 Å². The predicted octanol–water partition coefficient (Wildman–Crippen LogP) is 1.74. The van der Waals surface area contributed by atoms with Crippen molar-refractivity contribution in [3.8, 4) is 0 Å². The van der Waals surface area contributed by atoms with Gasteiger partial charge in [-0.2, -0.15) is 0 Å². The van der Waals surface area contributed by atoms with Crippen LogP contribution in [0.2, 0.25) is 0 Å². The van der Waals surface area contributed by atoms with Gasteiger partial charge in [0.1, 0.15) is 15.6 Å². The molecule has 0 spiro atoms. The van der Waals surface area contributed by atoms with Gasteiger partial charge in [-0.1, -0.05) is 11.6 Å². The van der Waals surface area contributed by atoms with Gasteiger partial charge < -0.3 is 9.84 Å². The van der Waals surface area contributed by atoms with Crippen LogP contribution in [-0.2, 0) is 16.4 Å². The zero-order valence-corrected chi connectivity index (χ0v) is 12.6. The summed E-state index contributed by atoms with van der Waals surface area (Å²) in [6.07, 6.45) is 4.85. The summed E-state index contributed by atoms with van der Waals surface area (Å²) in [5.74, 6) is 0.834. The molecular weight excluding hydrogens is 264 g/mol. The van der Waals surface area contributed by atoms with E-state index in [1.165, 1.54) is 6.26 Å². The Kier molecular flexibility index (Phi) is 4.30. The van der Waals surface area contributed by atoms with Gasteiger partial charge in [0.15, 0.2) is 0 Å². The first-order valence-corrected chi connectivity index (χ1v) is 8.67. The summed E-state index contributed by atoms with van der Waals surface area (Å²) in [4.78, 5) is 0. The molecule has 1 N–H and O–H groups in total. The van der Waals surface area contributed by atoms with Crippen LogP contribution in [0.15, 0.2) is 4.52 Å². The first kappa shape index (κ1) is 14.5. The smallest absolute Gasteiger partial charge is 0.150 e. The van der Waals surface area contributed by atoms with Gasteiger partial charge in [-0.3, -0.25) is 0 Å². The van der Waals surface area contributed by atoms with Crippen molar-refractivity contribution < 1.29 is 12.9 Å². The number of nitrogens with zero attached hydrogens (tertiary/aromatic N) is 1. The standard InChI is InChI=1S/C13H22N2O3S/c1-9-13(10(2)18-15-9)8-14-11-5-4-6-12(7-11)19(3,16)17/h11-12,14H,4-8H2,1-3H3. The Morgan fingerprint density at radius 1 is 1.37 bits per heavy atom. The van der Waals surface area contributed by atoms with Crippen LogP contribution in [0.1, 0.15) is 42.7 Å². The molecule has 0 saturated heterocycles. The third kappa shape index (κ3) is 3.57. The molecule has 6 heteroatoms. The summed E-state index contributed by atoms with van der Waals surface area (Å²) < 4.78 is 28.4. The molecule has 0 aromatic carbocycles. The molecule has 0 aliphatic heterocycles. The molecule has 2 rings (SSSR count). The number of rotatable bonds is 4. The molecule has 108 valence electrons. The van der Waals surface area contributed by atoms with Crippen LogP contribution in [-0.4, -0.2) is 31.1 Å². The Morgan fingerprint density at radius 3 is 2.68 bits per heavy atom. The van der Waals surface area contributed by atoms with Crippen molar-refractivity contribution in [2.75, 3.05) is 6.26 Å². The zero-order valence-electron chi connectivity index (χ0n) is 11.8. The molecular formula is C13H22N2O3S. The van der Waals surface area contributed by atoms with E-state index in [1.54, 1.807) is 0 Å². The molecule has 1 aliphatic rings. The summed E-state index contributed by atoms with van der Waals surface area (Å²) in [6, 6.07) is 0.266. The monoisotopic (exact) mass is 286 g/mol. The van der Waals surface area contributed by atoms with Crippen molar-refractivity contribution in [1.82, 2.24) is 10.5 Å². The highest BCUT2D eigenvalue weighted by atomic mass is 32.2. The van der Waals surface area contributed by atoms with Gasteiger partial charge in [0.2, 0.25) is 0 Å². The van der Waals surface area contributed by atoms with Crippen LogP contribution in [0.25, 0.3) is 0 Å². The maximum Gasteiger partial charge on any atom is 0.150 e. The summed E-state index contributed by atoms with van der Waals surface area (Å²) in [7, 11) is -2.92. The van der Waals surface area contributed by atoms with E-state index in [9.17, 15) is 8.42 Å². The number of aryl methyl sites for hydroxylation is 2. The Bertz CT molecular complexity index is 517. The van der Waals surface area contributed by atoms with Crippen LogP contribution in [0.4, 0.5) is 0 Å². The van der Waals surface area contributed by atoms with E-state index in [4.69, 9.17) is 4.52 Å². The van der Waals surface area contributed by atoms with E-state index in [-0.39, 0.29) is 11.3 Å². The number of hydrogen-bond acceptors (Lipinski definition) is 5. The van der Waals surface area contributed by atoms with Crippen LogP contribution in [0.5, 0.6) is 0 Å². The number of sulfone groups is 1. The topological polar surface area (TPSA) is 72.2 Å². The quantitative estimate of drug-likeness (QED) is 0.912. The van der Waals surface area contributed by atoms with E-state index >= 15 is 0 Å². The van der Waals surface area contributed by atoms with E-state index in [0.29, 0.717) is 13.0 Å². The van der Waals surface area contributed by atoms with E-state index in [2.05, 4.69) is 10.5 Å². The lowest BCUT2D eigenvalue weighted by molar-refractivity contribution is 0.367. The molecule has 2 unspecified atom stereocenters. The first-order chi connectivity index (χ1) is 8.88. The second-order valence-corrected chi connectivity index (χ2v) is 7.82. The fourth-order valence-corrected chi connectivity index (χ4v) is 3.90. The second-order valence-electron chi connectivity index (χ2n) is 5.50. The summed E-state index contributed by atoms with van der Waals surface area (Å²) >= 11 is 0. The van der Waals surface area contributed by atoms with Crippen LogP contribution in [0, 0.1) is 13.8 Å². The largest absolute Gasteiger partial charge is 0.361 e. The molecule has 19 heavy (non-hydrogen) atoms. The van der Waals surface area contributed by atoms with Crippen molar-refractivity contribution in [3.05, 3.63) is 17.0 Å². The van der Waals surface area contributed by atoms with E-state index < -0.39 is 9.84 Å². The van der Waals surface area contributed by atoms with Crippen molar-refractivity contribution in [1.29, 1.82) is 0 Å². The molecule has 0 bridgehead atoms. The lowest BCUT2D eigenvalue weighted by atomic mass is 9.94. The molecule has 0 amide bonds. The molecule has 5 nitrogen and oxygen atoms in total. The average molecular weight is 286 g/mol. The maximum atomic E-state index is 11.6. The third-order valence-electron chi connectivity index (χ3n) is 3.98. The SMILES string of the molecule is Cc1noc(C)c1CNC1CCCC(S(C)(=O)=O)C1. The molecule has 1 aromatic rings. The molecule has 1 saturated carbocycles.